The zero-order valence-corrected chi connectivity index (χ0v) is 13.3. The number of hydrogen-bond donors (Lipinski definition) is 2. The Balaban J connectivity index is 2.06. The maximum absolute atomic E-state index is 13.7. The Kier molecular flexibility index (Phi) is 5.57. The lowest BCUT2D eigenvalue weighted by Crippen LogP contribution is -2.13. The van der Waals surface area contributed by atoms with Crippen molar-refractivity contribution in [2.24, 2.45) is 5.92 Å². The first-order valence-corrected chi connectivity index (χ1v) is 7.55. The number of ether oxygens (including phenoxy) is 1. The second kappa shape index (κ2) is 7.63. The first-order valence-electron chi connectivity index (χ1n) is 7.55. The van der Waals surface area contributed by atoms with E-state index in [0.29, 0.717) is 29.5 Å². The number of nitrogen functional groups attached to an aromatic ring is 1. The van der Waals surface area contributed by atoms with Crippen molar-refractivity contribution in [3.63, 3.8) is 0 Å². The largest absolute Gasteiger partial charge is 0.494 e. The van der Waals surface area contributed by atoms with Crippen LogP contribution in [-0.2, 0) is 0 Å². The van der Waals surface area contributed by atoms with Crippen molar-refractivity contribution in [3.05, 3.63) is 53.8 Å². The van der Waals surface area contributed by atoms with E-state index in [2.05, 4.69) is 19.2 Å². The fourth-order valence-corrected chi connectivity index (χ4v) is 1.97. The standard InChI is InChI=1S/C18H21FN2O2/c1-12(2)8-9-23-15-5-3-4-13(10-15)18(22)21-17-11-14(20)6-7-16(17)19/h3-7,10-12H,8-9,20H2,1-2H3,(H,21,22). The number of benzene rings is 2. The summed E-state index contributed by atoms with van der Waals surface area (Å²) in [6, 6.07) is 10.9. The quantitative estimate of drug-likeness (QED) is 0.789. The molecule has 0 saturated carbocycles. The molecule has 0 heterocycles. The van der Waals surface area contributed by atoms with Crippen LogP contribution >= 0.6 is 0 Å². The molecule has 0 aromatic heterocycles. The Bertz CT molecular complexity index is 686. The first kappa shape index (κ1) is 16.8. The van der Waals surface area contributed by atoms with Gasteiger partial charge in [-0.1, -0.05) is 19.9 Å². The highest BCUT2D eigenvalue weighted by atomic mass is 19.1. The van der Waals surface area contributed by atoms with Gasteiger partial charge < -0.3 is 15.8 Å². The molecule has 0 aliphatic rings. The van der Waals surface area contributed by atoms with Crippen LogP contribution in [0.1, 0.15) is 30.6 Å². The number of nitrogens with two attached hydrogens (primary N) is 1. The summed E-state index contributed by atoms with van der Waals surface area (Å²) in [5, 5.41) is 2.52. The van der Waals surface area contributed by atoms with Gasteiger partial charge in [0.15, 0.2) is 0 Å². The van der Waals surface area contributed by atoms with Gasteiger partial charge in [-0.2, -0.15) is 0 Å². The van der Waals surface area contributed by atoms with Crippen molar-refractivity contribution in [3.8, 4) is 5.75 Å². The molecule has 0 unspecified atom stereocenters. The molecule has 2 aromatic carbocycles. The van der Waals surface area contributed by atoms with E-state index in [1.54, 1.807) is 24.3 Å². The molecule has 0 fully saturated rings. The van der Waals surface area contributed by atoms with Crippen LogP contribution in [0, 0.1) is 11.7 Å². The lowest BCUT2D eigenvalue weighted by molar-refractivity contribution is 0.102. The number of carbonyl (C=O) groups is 1. The second-order valence-corrected chi connectivity index (χ2v) is 5.75. The topological polar surface area (TPSA) is 64.3 Å². The van der Waals surface area contributed by atoms with Gasteiger partial charge in [0.2, 0.25) is 0 Å². The number of nitrogens with one attached hydrogen (secondary N) is 1. The summed E-state index contributed by atoms with van der Waals surface area (Å²) < 4.78 is 19.3. The van der Waals surface area contributed by atoms with Crippen LogP contribution in [0.15, 0.2) is 42.5 Å². The molecule has 0 aliphatic heterocycles. The third-order valence-electron chi connectivity index (χ3n) is 3.30. The first-order chi connectivity index (χ1) is 11.0. The number of hydrogen-bond acceptors (Lipinski definition) is 3. The molecule has 0 saturated heterocycles. The van der Waals surface area contributed by atoms with E-state index in [1.165, 1.54) is 18.2 Å². The van der Waals surface area contributed by atoms with Gasteiger partial charge in [0.1, 0.15) is 11.6 Å². The van der Waals surface area contributed by atoms with E-state index in [1.807, 2.05) is 0 Å². The van der Waals surface area contributed by atoms with Crippen LogP contribution in [0.2, 0.25) is 0 Å². The average molecular weight is 316 g/mol. The molecule has 0 spiro atoms. The highest BCUT2D eigenvalue weighted by Crippen LogP contribution is 2.20. The molecular formula is C18H21FN2O2. The SMILES string of the molecule is CC(C)CCOc1cccc(C(=O)Nc2cc(N)ccc2F)c1. The molecule has 0 bridgehead atoms. The third-order valence-corrected chi connectivity index (χ3v) is 3.30. The van der Waals surface area contributed by atoms with E-state index in [-0.39, 0.29) is 5.69 Å². The normalized spacial score (nSPS) is 10.6. The van der Waals surface area contributed by atoms with Crippen molar-refractivity contribution < 1.29 is 13.9 Å². The third kappa shape index (κ3) is 4.98. The minimum atomic E-state index is -0.531. The summed E-state index contributed by atoms with van der Waals surface area (Å²) >= 11 is 0. The fourth-order valence-electron chi connectivity index (χ4n) is 1.97. The Hall–Kier alpha value is -2.56. The zero-order chi connectivity index (χ0) is 16.8. The van der Waals surface area contributed by atoms with Crippen molar-refractivity contribution in [1.82, 2.24) is 0 Å². The summed E-state index contributed by atoms with van der Waals surface area (Å²) in [5.74, 6) is 0.222. The number of amides is 1. The summed E-state index contributed by atoms with van der Waals surface area (Å²) in [5.41, 5.74) is 6.44. The molecule has 1 amide bonds. The Labute approximate surface area is 135 Å². The van der Waals surface area contributed by atoms with Crippen molar-refractivity contribution in [2.45, 2.75) is 20.3 Å². The molecule has 0 aliphatic carbocycles. The van der Waals surface area contributed by atoms with E-state index in [4.69, 9.17) is 10.5 Å². The Morgan fingerprint density at radius 1 is 1.26 bits per heavy atom. The molecular weight excluding hydrogens is 295 g/mol. The van der Waals surface area contributed by atoms with Gasteiger partial charge in [-0.05, 0) is 48.7 Å². The number of rotatable bonds is 6. The minimum absolute atomic E-state index is 0.0566. The molecule has 5 heteroatoms. The summed E-state index contributed by atoms with van der Waals surface area (Å²) in [4.78, 5) is 12.2. The monoisotopic (exact) mass is 316 g/mol. The smallest absolute Gasteiger partial charge is 0.255 e. The van der Waals surface area contributed by atoms with Crippen molar-refractivity contribution in [2.75, 3.05) is 17.7 Å². The van der Waals surface area contributed by atoms with Gasteiger partial charge in [0.25, 0.3) is 5.91 Å². The molecule has 0 atom stereocenters. The highest BCUT2D eigenvalue weighted by Gasteiger charge is 2.10. The second-order valence-electron chi connectivity index (χ2n) is 5.75. The van der Waals surface area contributed by atoms with E-state index in [0.717, 1.165) is 6.42 Å². The van der Waals surface area contributed by atoms with Crippen LogP contribution in [0.25, 0.3) is 0 Å². The van der Waals surface area contributed by atoms with Crippen LogP contribution < -0.4 is 15.8 Å². The highest BCUT2D eigenvalue weighted by molar-refractivity contribution is 6.04. The summed E-state index contributed by atoms with van der Waals surface area (Å²) in [6.07, 6.45) is 0.935. The lowest BCUT2D eigenvalue weighted by atomic mass is 10.1. The predicted octanol–water partition coefficient (Wildman–Crippen LogP) is 4.09. The van der Waals surface area contributed by atoms with Crippen molar-refractivity contribution >= 4 is 17.3 Å². The summed E-state index contributed by atoms with van der Waals surface area (Å²) in [7, 11) is 0. The zero-order valence-electron chi connectivity index (χ0n) is 13.3. The lowest BCUT2D eigenvalue weighted by Gasteiger charge is -2.10. The van der Waals surface area contributed by atoms with Crippen LogP contribution in [0.3, 0.4) is 0 Å². The average Bonchev–Trinajstić information content (AvgIpc) is 2.51. The van der Waals surface area contributed by atoms with Gasteiger partial charge in [0.05, 0.1) is 12.3 Å². The van der Waals surface area contributed by atoms with Gasteiger partial charge in [-0.15, -0.1) is 0 Å². The van der Waals surface area contributed by atoms with Gasteiger partial charge >= 0.3 is 0 Å². The van der Waals surface area contributed by atoms with Crippen LogP contribution in [0.5, 0.6) is 5.75 Å². The van der Waals surface area contributed by atoms with E-state index >= 15 is 0 Å². The predicted molar refractivity (Wildman–Crippen MR) is 90.2 cm³/mol. The van der Waals surface area contributed by atoms with Crippen LogP contribution in [0.4, 0.5) is 15.8 Å². The maximum Gasteiger partial charge on any atom is 0.255 e. The molecule has 23 heavy (non-hydrogen) atoms. The van der Waals surface area contributed by atoms with E-state index in [9.17, 15) is 9.18 Å². The van der Waals surface area contributed by atoms with Gasteiger partial charge in [0, 0.05) is 11.3 Å². The number of halogens is 1. The molecule has 2 rings (SSSR count). The van der Waals surface area contributed by atoms with Gasteiger partial charge in [-0.25, -0.2) is 4.39 Å². The molecule has 4 nitrogen and oxygen atoms in total. The van der Waals surface area contributed by atoms with Gasteiger partial charge in [-0.3, -0.25) is 4.79 Å². The summed E-state index contributed by atoms with van der Waals surface area (Å²) in [6.45, 7) is 4.83. The Morgan fingerprint density at radius 3 is 2.78 bits per heavy atom. The molecule has 0 radical (unpaired) electrons. The Morgan fingerprint density at radius 2 is 2.04 bits per heavy atom. The molecule has 3 N–H and O–H groups in total. The fraction of sp³-hybridized carbons (Fsp3) is 0.278. The van der Waals surface area contributed by atoms with Crippen LogP contribution in [-0.4, -0.2) is 12.5 Å². The molecule has 2 aromatic rings. The molecule has 122 valence electrons. The number of anilines is 2. The van der Waals surface area contributed by atoms with E-state index < -0.39 is 11.7 Å². The van der Waals surface area contributed by atoms with Crippen molar-refractivity contribution in [1.29, 1.82) is 0 Å². The minimum Gasteiger partial charge on any atom is -0.494 e. The number of carbonyl (C=O) groups excluding carboxylic acids is 1. The maximum atomic E-state index is 13.7.